The van der Waals surface area contributed by atoms with Gasteiger partial charge in [-0.1, -0.05) is 0 Å². The zero-order valence-electron chi connectivity index (χ0n) is 13.2. The first-order valence-corrected chi connectivity index (χ1v) is 7.36. The molecule has 1 saturated heterocycles. The van der Waals surface area contributed by atoms with Gasteiger partial charge in [-0.25, -0.2) is 0 Å². The Balaban J connectivity index is 1.81. The highest BCUT2D eigenvalue weighted by molar-refractivity contribution is 5.79. The van der Waals surface area contributed by atoms with Crippen molar-refractivity contribution in [1.29, 1.82) is 0 Å². The standard InChI is InChI=1S/C15H26N4O2/c1-16-14(17-10-13-4-7-19(2)11-13)18-12-15(20-3)5-8-21-9-6-15/h4,7,11H,5-6,8-10,12H2,1-3H3,(H2,16,17,18). The third-order valence-corrected chi connectivity index (χ3v) is 3.99. The highest BCUT2D eigenvalue weighted by Crippen LogP contribution is 2.23. The van der Waals surface area contributed by atoms with Crippen LogP contribution >= 0.6 is 0 Å². The number of hydrogen-bond acceptors (Lipinski definition) is 3. The van der Waals surface area contributed by atoms with Crippen molar-refractivity contribution in [3.8, 4) is 0 Å². The molecule has 0 bridgehead atoms. The minimum absolute atomic E-state index is 0.150. The fourth-order valence-corrected chi connectivity index (χ4v) is 2.51. The predicted octanol–water partition coefficient (Wildman–Crippen LogP) is 0.886. The summed E-state index contributed by atoms with van der Waals surface area (Å²) in [6, 6.07) is 2.09. The molecule has 1 aliphatic rings. The Bertz CT molecular complexity index is 464. The molecule has 118 valence electrons. The summed E-state index contributed by atoms with van der Waals surface area (Å²) in [6.45, 7) is 3.00. The lowest BCUT2D eigenvalue weighted by atomic mass is 9.94. The molecule has 0 aromatic carbocycles. The van der Waals surface area contributed by atoms with Crippen molar-refractivity contribution in [2.75, 3.05) is 33.9 Å². The Hall–Kier alpha value is -1.53. The quantitative estimate of drug-likeness (QED) is 0.625. The zero-order chi connectivity index (χ0) is 15.1. The zero-order valence-corrected chi connectivity index (χ0v) is 13.2. The number of aromatic nitrogens is 1. The summed E-state index contributed by atoms with van der Waals surface area (Å²) in [6.07, 6.45) is 5.95. The molecule has 2 N–H and O–H groups in total. The van der Waals surface area contributed by atoms with Crippen molar-refractivity contribution in [3.63, 3.8) is 0 Å². The summed E-state index contributed by atoms with van der Waals surface area (Å²) in [5.74, 6) is 0.793. The van der Waals surface area contributed by atoms with E-state index in [1.165, 1.54) is 5.56 Å². The van der Waals surface area contributed by atoms with Gasteiger partial charge in [0.05, 0.1) is 5.60 Å². The van der Waals surface area contributed by atoms with Gasteiger partial charge in [0.1, 0.15) is 0 Å². The van der Waals surface area contributed by atoms with E-state index in [-0.39, 0.29) is 5.60 Å². The average Bonchev–Trinajstić information content (AvgIpc) is 2.94. The number of nitrogens with one attached hydrogen (secondary N) is 2. The summed E-state index contributed by atoms with van der Waals surface area (Å²) in [7, 11) is 5.57. The first kappa shape index (κ1) is 15.9. The molecule has 0 unspecified atom stereocenters. The maximum Gasteiger partial charge on any atom is 0.191 e. The third-order valence-electron chi connectivity index (χ3n) is 3.99. The van der Waals surface area contributed by atoms with Gasteiger partial charge in [0.25, 0.3) is 0 Å². The van der Waals surface area contributed by atoms with Crippen molar-refractivity contribution in [1.82, 2.24) is 15.2 Å². The van der Waals surface area contributed by atoms with Crippen molar-refractivity contribution in [3.05, 3.63) is 24.0 Å². The van der Waals surface area contributed by atoms with Gasteiger partial charge in [-0.3, -0.25) is 4.99 Å². The summed E-state index contributed by atoms with van der Waals surface area (Å²) in [5.41, 5.74) is 1.08. The van der Waals surface area contributed by atoms with Crippen molar-refractivity contribution >= 4 is 5.96 Å². The van der Waals surface area contributed by atoms with Crippen LogP contribution in [0.1, 0.15) is 18.4 Å². The number of methoxy groups -OCH3 is 1. The van der Waals surface area contributed by atoms with E-state index in [1.807, 2.05) is 17.8 Å². The second kappa shape index (κ2) is 7.47. The van der Waals surface area contributed by atoms with Gasteiger partial charge in [0.2, 0.25) is 0 Å². The third kappa shape index (κ3) is 4.47. The second-order valence-electron chi connectivity index (χ2n) is 5.46. The summed E-state index contributed by atoms with van der Waals surface area (Å²) in [5, 5.41) is 6.68. The molecule has 1 aromatic heterocycles. The average molecular weight is 294 g/mol. The number of aliphatic imine (C=N–C) groups is 1. The lowest BCUT2D eigenvalue weighted by Crippen LogP contribution is -2.50. The Morgan fingerprint density at radius 2 is 2.19 bits per heavy atom. The van der Waals surface area contributed by atoms with E-state index < -0.39 is 0 Å². The number of nitrogens with zero attached hydrogens (tertiary/aromatic N) is 2. The number of ether oxygens (including phenoxy) is 2. The minimum atomic E-state index is -0.150. The van der Waals surface area contributed by atoms with Gasteiger partial charge in [-0.2, -0.15) is 0 Å². The Kier molecular flexibility index (Phi) is 5.64. The SMILES string of the molecule is CN=C(NCc1ccn(C)c1)NCC1(OC)CCOCC1. The van der Waals surface area contributed by atoms with Crippen LogP contribution in [0.5, 0.6) is 0 Å². The molecular weight excluding hydrogens is 268 g/mol. The maximum absolute atomic E-state index is 5.71. The van der Waals surface area contributed by atoms with E-state index in [9.17, 15) is 0 Å². The summed E-state index contributed by atoms with van der Waals surface area (Å²) < 4.78 is 13.2. The van der Waals surface area contributed by atoms with E-state index in [2.05, 4.69) is 27.9 Å². The number of guanidine groups is 1. The monoisotopic (exact) mass is 294 g/mol. The van der Waals surface area contributed by atoms with Crippen LogP contribution in [0.3, 0.4) is 0 Å². The number of hydrogen-bond donors (Lipinski definition) is 2. The molecule has 1 aromatic rings. The predicted molar refractivity (Wildman–Crippen MR) is 83.4 cm³/mol. The lowest BCUT2D eigenvalue weighted by Gasteiger charge is -2.36. The molecule has 2 rings (SSSR count). The number of rotatable bonds is 5. The van der Waals surface area contributed by atoms with Crippen LogP contribution in [0, 0.1) is 0 Å². The molecule has 2 heterocycles. The van der Waals surface area contributed by atoms with Gasteiger partial charge in [0.15, 0.2) is 5.96 Å². The van der Waals surface area contributed by atoms with E-state index in [0.29, 0.717) is 0 Å². The molecule has 6 nitrogen and oxygen atoms in total. The first-order chi connectivity index (χ1) is 10.2. The molecule has 0 radical (unpaired) electrons. The molecule has 0 aliphatic carbocycles. The van der Waals surface area contributed by atoms with Crippen LogP contribution in [-0.2, 0) is 23.1 Å². The second-order valence-corrected chi connectivity index (χ2v) is 5.46. The normalized spacial score (nSPS) is 18.5. The Labute approximate surface area is 126 Å². The topological polar surface area (TPSA) is 59.8 Å². The van der Waals surface area contributed by atoms with Crippen LogP contribution in [0.2, 0.25) is 0 Å². The first-order valence-electron chi connectivity index (χ1n) is 7.36. The maximum atomic E-state index is 5.71. The molecule has 0 atom stereocenters. The van der Waals surface area contributed by atoms with Crippen LogP contribution < -0.4 is 10.6 Å². The van der Waals surface area contributed by atoms with Gasteiger partial charge in [-0.15, -0.1) is 0 Å². The summed E-state index contributed by atoms with van der Waals surface area (Å²) >= 11 is 0. The molecule has 0 spiro atoms. The van der Waals surface area contributed by atoms with Gasteiger partial charge >= 0.3 is 0 Å². The van der Waals surface area contributed by atoms with Crippen LogP contribution in [0.25, 0.3) is 0 Å². The fraction of sp³-hybridized carbons (Fsp3) is 0.667. The smallest absolute Gasteiger partial charge is 0.191 e. The Morgan fingerprint density at radius 3 is 2.76 bits per heavy atom. The van der Waals surface area contributed by atoms with Crippen molar-refractivity contribution < 1.29 is 9.47 Å². The largest absolute Gasteiger partial charge is 0.381 e. The molecule has 6 heteroatoms. The van der Waals surface area contributed by atoms with Crippen LogP contribution in [0.15, 0.2) is 23.5 Å². The highest BCUT2D eigenvalue weighted by atomic mass is 16.5. The van der Waals surface area contributed by atoms with Gasteiger partial charge in [-0.05, 0) is 11.6 Å². The van der Waals surface area contributed by atoms with E-state index in [4.69, 9.17) is 9.47 Å². The fourth-order valence-electron chi connectivity index (χ4n) is 2.51. The van der Waals surface area contributed by atoms with Crippen molar-refractivity contribution in [2.24, 2.45) is 12.0 Å². The molecule has 1 fully saturated rings. The van der Waals surface area contributed by atoms with Crippen LogP contribution in [-0.4, -0.2) is 50.0 Å². The lowest BCUT2D eigenvalue weighted by molar-refractivity contribution is -0.0855. The Morgan fingerprint density at radius 1 is 1.43 bits per heavy atom. The molecule has 0 amide bonds. The minimum Gasteiger partial charge on any atom is -0.381 e. The van der Waals surface area contributed by atoms with Crippen LogP contribution in [0.4, 0.5) is 0 Å². The van der Waals surface area contributed by atoms with E-state index in [0.717, 1.165) is 45.1 Å². The highest BCUT2D eigenvalue weighted by Gasteiger charge is 2.32. The summed E-state index contributed by atoms with van der Waals surface area (Å²) in [4.78, 5) is 4.26. The molecular formula is C15H26N4O2. The number of aryl methyl sites for hydroxylation is 1. The van der Waals surface area contributed by atoms with Gasteiger partial charge in [0, 0.05) is 72.7 Å². The molecule has 21 heavy (non-hydrogen) atoms. The molecule has 0 saturated carbocycles. The van der Waals surface area contributed by atoms with Gasteiger partial charge < -0.3 is 24.7 Å². The van der Waals surface area contributed by atoms with Crippen molar-refractivity contribution in [2.45, 2.75) is 25.0 Å². The molecule has 1 aliphatic heterocycles. The van der Waals surface area contributed by atoms with E-state index >= 15 is 0 Å². The van der Waals surface area contributed by atoms with E-state index in [1.54, 1.807) is 14.2 Å².